The molecule has 1 N–H and O–H groups in total. The first-order valence-corrected chi connectivity index (χ1v) is 6.05. The second kappa shape index (κ2) is 5.19. The summed E-state index contributed by atoms with van der Waals surface area (Å²) in [4.78, 5) is 13.6. The highest BCUT2D eigenvalue weighted by Gasteiger charge is 2.31. The van der Waals surface area contributed by atoms with Gasteiger partial charge in [-0.3, -0.25) is 4.79 Å². The maximum atomic E-state index is 12.1. The van der Waals surface area contributed by atoms with E-state index in [2.05, 4.69) is 0 Å². The van der Waals surface area contributed by atoms with E-state index in [0.29, 0.717) is 23.6 Å². The van der Waals surface area contributed by atoms with E-state index < -0.39 is 6.10 Å². The number of aliphatic hydroxyl groups is 1. The molecule has 1 aliphatic rings. The van der Waals surface area contributed by atoms with E-state index >= 15 is 0 Å². The van der Waals surface area contributed by atoms with Crippen molar-refractivity contribution in [2.75, 3.05) is 13.6 Å². The summed E-state index contributed by atoms with van der Waals surface area (Å²) in [7, 11) is 1.69. The van der Waals surface area contributed by atoms with Gasteiger partial charge in [0.2, 0.25) is 0 Å². The SMILES string of the molecule is CN(CC(O)C1CC1)C(=O)c1ccc(C#N)cc1. The lowest BCUT2D eigenvalue weighted by atomic mass is 10.1. The number of likely N-dealkylation sites (N-methyl/N-ethyl adjacent to an activating group) is 1. The molecule has 0 radical (unpaired) electrons. The minimum Gasteiger partial charge on any atom is -0.391 e. The molecule has 0 heterocycles. The first-order valence-electron chi connectivity index (χ1n) is 6.05. The second-order valence-electron chi connectivity index (χ2n) is 4.78. The van der Waals surface area contributed by atoms with Crippen LogP contribution >= 0.6 is 0 Å². The number of hydrogen-bond donors (Lipinski definition) is 1. The smallest absolute Gasteiger partial charge is 0.253 e. The molecule has 1 aromatic carbocycles. The quantitative estimate of drug-likeness (QED) is 0.870. The van der Waals surface area contributed by atoms with Crippen molar-refractivity contribution in [3.63, 3.8) is 0 Å². The Labute approximate surface area is 106 Å². The molecule has 1 unspecified atom stereocenters. The van der Waals surface area contributed by atoms with Crippen LogP contribution in [0.3, 0.4) is 0 Å². The monoisotopic (exact) mass is 244 g/mol. The minimum absolute atomic E-state index is 0.126. The van der Waals surface area contributed by atoms with E-state index in [1.54, 1.807) is 31.3 Å². The molecular formula is C14H16N2O2. The molecule has 1 saturated carbocycles. The van der Waals surface area contributed by atoms with Crippen LogP contribution in [0.5, 0.6) is 0 Å². The molecule has 4 heteroatoms. The van der Waals surface area contributed by atoms with Crippen LogP contribution in [0.15, 0.2) is 24.3 Å². The van der Waals surface area contributed by atoms with Crippen LogP contribution in [-0.2, 0) is 0 Å². The van der Waals surface area contributed by atoms with Gasteiger partial charge in [-0.05, 0) is 43.0 Å². The normalized spacial score (nSPS) is 15.8. The lowest BCUT2D eigenvalue weighted by Crippen LogP contribution is -2.35. The number of nitrogens with zero attached hydrogens (tertiary/aromatic N) is 2. The van der Waals surface area contributed by atoms with Crippen molar-refractivity contribution in [1.29, 1.82) is 5.26 Å². The Kier molecular flexibility index (Phi) is 3.63. The second-order valence-corrected chi connectivity index (χ2v) is 4.78. The number of amides is 1. The molecule has 94 valence electrons. The summed E-state index contributed by atoms with van der Waals surface area (Å²) in [5.74, 6) is 0.236. The van der Waals surface area contributed by atoms with Gasteiger partial charge in [0.25, 0.3) is 5.91 Å². The Hall–Kier alpha value is -1.86. The van der Waals surface area contributed by atoms with Crippen LogP contribution in [0.1, 0.15) is 28.8 Å². The summed E-state index contributed by atoms with van der Waals surface area (Å²) in [6.45, 7) is 0.365. The molecule has 1 atom stereocenters. The molecule has 1 fully saturated rings. The van der Waals surface area contributed by atoms with Gasteiger partial charge in [-0.2, -0.15) is 5.26 Å². The summed E-state index contributed by atoms with van der Waals surface area (Å²) < 4.78 is 0. The number of carbonyl (C=O) groups is 1. The van der Waals surface area contributed by atoms with Gasteiger partial charge in [-0.25, -0.2) is 0 Å². The third-order valence-electron chi connectivity index (χ3n) is 3.23. The fourth-order valence-corrected chi connectivity index (χ4v) is 1.90. The predicted molar refractivity (Wildman–Crippen MR) is 66.8 cm³/mol. The maximum absolute atomic E-state index is 12.1. The van der Waals surface area contributed by atoms with E-state index in [1.807, 2.05) is 6.07 Å². The third-order valence-corrected chi connectivity index (χ3v) is 3.23. The number of benzene rings is 1. The van der Waals surface area contributed by atoms with Gasteiger partial charge in [0.1, 0.15) is 0 Å². The molecule has 0 aliphatic heterocycles. The Morgan fingerprint density at radius 2 is 2.11 bits per heavy atom. The molecule has 1 aromatic rings. The van der Waals surface area contributed by atoms with Gasteiger partial charge >= 0.3 is 0 Å². The zero-order chi connectivity index (χ0) is 13.1. The number of hydrogen-bond acceptors (Lipinski definition) is 3. The van der Waals surface area contributed by atoms with Gasteiger partial charge in [-0.1, -0.05) is 0 Å². The first-order chi connectivity index (χ1) is 8.61. The number of aliphatic hydroxyl groups excluding tert-OH is 1. The Bertz CT molecular complexity index is 472. The van der Waals surface area contributed by atoms with Gasteiger partial charge in [-0.15, -0.1) is 0 Å². The van der Waals surface area contributed by atoms with Crippen molar-refractivity contribution in [2.24, 2.45) is 5.92 Å². The molecule has 2 rings (SSSR count). The van der Waals surface area contributed by atoms with Crippen LogP contribution in [-0.4, -0.2) is 35.6 Å². The number of carbonyl (C=O) groups excluding carboxylic acids is 1. The van der Waals surface area contributed by atoms with Crippen molar-refractivity contribution in [2.45, 2.75) is 18.9 Å². The highest BCUT2D eigenvalue weighted by Crippen LogP contribution is 2.32. The topological polar surface area (TPSA) is 64.3 Å². The Balaban J connectivity index is 1.98. The first kappa shape index (κ1) is 12.6. The highest BCUT2D eigenvalue weighted by atomic mass is 16.3. The highest BCUT2D eigenvalue weighted by molar-refractivity contribution is 5.94. The zero-order valence-electron chi connectivity index (χ0n) is 10.3. The number of nitriles is 1. The molecule has 4 nitrogen and oxygen atoms in total. The van der Waals surface area contributed by atoms with Crippen molar-refractivity contribution in [3.05, 3.63) is 35.4 Å². The molecular weight excluding hydrogens is 228 g/mol. The number of rotatable bonds is 4. The van der Waals surface area contributed by atoms with E-state index in [0.717, 1.165) is 12.8 Å². The minimum atomic E-state index is -0.419. The molecule has 18 heavy (non-hydrogen) atoms. The summed E-state index contributed by atoms with van der Waals surface area (Å²) in [6, 6.07) is 8.54. The van der Waals surface area contributed by atoms with Gasteiger partial charge in [0.05, 0.1) is 17.7 Å². The lowest BCUT2D eigenvalue weighted by molar-refractivity contribution is 0.0645. The van der Waals surface area contributed by atoms with Gasteiger partial charge < -0.3 is 10.0 Å². The van der Waals surface area contributed by atoms with Crippen LogP contribution in [0.2, 0.25) is 0 Å². The predicted octanol–water partition coefficient (Wildman–Crippen LogP) is 1.40. The van der Waals surface area contributed by atoms with Crippen LogP contribution in [0.25, 0.3) is 0 Å². The van der Waals surface area contributed by atoms with E-state index in [9.17, 15) is 9.90 Å². The molecule has 1 amide bonds. The summed E-state index contributed by atoms with van der Waals surface area (Å²) in [5, 5.41) is 18.5. The van der Waals surface area contributed by atoms with Crippen molar-refractivity contribution in [1.82, 2.24) is 4.90 Å². The summed E-state index contributed by atoms with van der Waals surface area (Å²) in [6.07, 6.45) is 1.69. The van der Waals surface area contributed by atoms with Gasteiger partial charge in [0, 0.05) is 19.2 Å². The molecule has 1 aliphatic carbocycles. The summed E-state index contributed by atoms with van der Waals surface area (Å²) in [5.41, 5.74) is 1.08. The molecule has 0 spiro atoms. The fraction of sp³-hybridized carbons (Fsp3) is 0.429. The lowest BCUT2D eigenvalue weighted by Gasteiger charge is -2.20. The standard InChI is InChI=1S/C14H16N2O2/c1-16(9-13(17)11-6-7-11)14(18)12-4-2-10(8-15)3-5-12/h2-5,11,13,17H,6-7,9H2,1H3. The largest absolute Gasteiger partial charge is 0.391 e. The average Bonchev–Trinajstić information content (AvgIpc) is 3.22. The van der Waals surface area contributed by atoms with E-state index in [-0.39, 0.29) is 5.91 Å². The van der Waals surface area contributed by atoms with Crippen molar-refractivity contribution >= 4 is 5.91 Å². The van der Waals surface area contributed by atoms with E-state index in [4.69, 9.17) is 5.26 Å². The Morgan fingerprint density at radius 1 is 1.50 bits per heavy atom. The summed E-state index contributed by atoms with van der Waals surface area (Å²) >= 11 is 0. The fourth-order valence-electron chi connectivity index (χ4n) is 1.90. The van der Waals surface area contributed by atoms with Crippen LogP contribution < -0.4 is 0 Å². The third kappa shape index (κ3) is 2.88. The molecule has 0 saturated heterocycles. The van der Waals surface area contributed by atoms with Crippen LogP contribution in [0, 0.1) is 17.2 Å². The van der Waals surface area contributed by atoms with E-state index in [1.165, 1.54) is 4.90 Å². The van der Waals surface area contributed by atoms with Crippen molar-refractivity contribution < 1.29 is 9.90 Å². The zero-order valence-corrected chi connectivity index (χ0v) is 10.3. The van der Waals surface area contributed by atoms with Crippen molar-refractivity contribution in [3.8, 4) is 6.07 Å². The van der Waals surface area contributed by atoms with Gasteiger partial charge in [0.15, 0.2) is 0 Å². The molecule has 0 bridgehead atoms. The van der Waals surface area contributed by atoms with Crippen LogP contribution in [0.4, 0.5) is 0 Å². The Morgan fingerprint density at radius 3 is 2.61 bits per heavy atom. The maximum Gasteiger partial charge on any atom is 0.253 e. The molecule has 0 aromatic heterocycles. The average molecular weight is 244 g/mol.